The van der Waals surface area contributed by atoms with Gasteiger partial charge in [-0.2, -0.15) is 0 Å². The van der Waals surface area contributed by atoms with Gasteiger partial charge >= 0.3 is 5.97 Å². The van der Waals surface area contributed by atoms with E-state index in [1.165, 1.54) is 0 Å². The van der Waals surface area contributed by atoms with Gasteiger partial charge in [-0.1, -0.05) is 41.5 Å². The van der Waals surface area contributed by atoms with Crippen LogP contribution in [-0.2, 0) is 26.0 Å². The average Bonchev–Trinajstić information content (AvgIpc) is 2.69. The number of carbonyl (C=O) groups excluding carboxylic acids is 3. The Morgan fingerprint density at radius 1 is 0.935 bits per heavy atom. The minimum atomic E-state index is -3.24. The summed E-state index contributed by atoms with van der Waals surface area (Å²) in [6, 6.07) is 12.0. The molecule has 0 saturated carbocycles. The summed E-state index contributed by atoms with van der Waals surface area (Å²) in [4.78, 5) is 36.2. The molecule has 9 heteroatoms. The first-order valence-corrected chi connectivity index (χ1v) is 11.5. The average molecular weight is 447 g/mol. The number of Topliss-reactive ketones (excluding diaryl/α,β-unsaturated/α-hetero) is 1. The molecule has 8 nitrogen and oxygen atoms in total. The van der Waals surface area contributed by atoms with Crippen molar-refractivity contribution in [2.45, 2.75) is 20.3 Å². The van der Waals surface area contributed by atoms with Crippen molar-refractivity contribution in [3.63, 3.8) is 0 Å². The molecule has 0 aromatic heterocycles. The minimum absolute atomic E-state index is 0.261. The van der Waals surface area contributed by atoms with E-state index in [4.69, 9.17) is 4.74 Å². The Labute approximate surface area is 182 Å². The predicted octanol–water partition coefficient (Wildman–Crippen LogP) is 1.55. The van der Waals surface area contributed by atoms with Crippen molar-refractivity contribution >= 4 is 27.7 Å². The van der Waals surface area contributed by atoms with Crippen molar-refractivity contribution in [3.8, 4) is 0 Å². The fourth-order valence-corrected chi connectivity index (χ4v) is 3.35. The summed E-state index contributed by atoms with van der Waals surface area (Å²) in [5.74, 6) is -1.49. The highest BCUT2D eigenvalue weighted by atomic mass is 32.2. The molecular formula is C22H26N2O6S. The number of hydrogen-bond donors (Lipinski definition) is 2. The zero-order valence-corrected chi connectivity index (χ0v) is 18.5. The minimum Gasteiger partial charge on any atom is -0.456 e. The summed E-state index contributed by atoms with van der Waals surface area (Å²) in [7, 11) is -3.24. The molecule has 0 saturated heterocycles. The lowest BCUT2D eigenvalue weighted by molar-refractivity contribution is -0.141. The van der Waals surface area contributed by atoms with Crippen molar-refractivity contribution in [2.24, 2.45) is 0 Å². The van der Waals surface area contributed by atoms with Crippen LogP contribution in [0.3, 0.4) is 0 Å². The summed E-state index contributed by atoms with van der Waals surface area (Å²) >= 11 is 0. The van der Waals surface area contributed by atoms with Crippen molar-refractivity contribution < 1.29 is 27.5 Å². The maximum atomic E-state index is 12.2. The monoisotopic (exact) mass is 446 g/mol. The Bertz CT molecular complexity index is 1040. The lowest BCUT2D eigenvalue weighted by Gasteiger charge is -2.08. The van der Waals surface area contributed by atoms with E-state index < -0.39 is 28.5 Å². The molecule has 0 heterocycles. The number of ketones is 1. The molecular weight excluding hydrogens is 420 g/mol. The number of aryl methyl sites for hydroxylation is 2. The van der Waals surface area contributed by atoms with Crippen molar-refractivity contribution in [3.05, 3.63) is 70.3 Å². The van der Waals surface area contributed by atoms with E-state index in [0.29, 0.717) is 17.5 Å². The van der Waals surface area contributed by atoms with E-state index in [2.05, 4.69) is 10.0 Å². The van der Waals surface area contributed by atoms with Crippen molar-refractivity contribution in [1.29, 1.82) is 0 Å². The van der Waals surface area contributed by atoms with Crippen molar-refractivity contribution in [1.82, 2.24) is 10.0 Å². The third kappa shape index (κ3) is 8.69. The molecule has 0 spiro atoms. The summed E-state index contributed by atoms with van der Waals surface area (Å²) in [5.41, 5.74) is 3.56. The van der Waals surface area contributed by atoms with E-state index in [-0.39, 0.29) is 18.9 Å². The third-order valence-electron chi connectivity index (χ3n) is 4.30. The van der Waals surface area contributed by atoms with Gasteiger partial charge in [-0.05, 0) is 38.0 Å². The van der Waals surface area contributed by atoms with Crippen LogP contribution in [-0.4, -0.2) is 52.0 Å². The van der Waals surface area contributed by atoms with Crippen LogP contribution in [0.4, 0.5) is 0 Å². The SMILES string of the molecule is Cc1cc(C)cc(C(=O)NCC(=O)OCC(=O)c2ccc(CCNS(C)(=O)=O)cc2)c1. The van der Waals surface area contributed by atoms with Crippen LogP contribution in [0.25, 0.3) is 0 Å². The van der Waals surface area contributed by atoms with Crippen LogP contribution in [0, 0.1) is 13.8 Å². The first-order valence-electron chi connectivity index (χ1n) is 9.62. The summed E-state index contributed by atoms with van der Waals surface area (Å²) in [6.07, 6.45) is 1.57. The fourth-order valence-electron chi connectivity index (χ4n) is 2.88. The molecule has 166 valence electrons. The number of sulfonamides is 1. The van der Waals surface area contributed by atoms with E-state index in [1.807, 2.05) is 19.9 Å². The molecule has 0 atom stereocenters. The van der Waals surface area contributed by atoms with Crippen LogP contribution >= 0.6 is 0 Å². The normalized spacial score (nSPS) is 11.1. The van der Waals surface area contributed by atoms with Crippen molar-refractivity contribution in [2.75, 3.05) is 26.0 Å². The molecule has 2 aromatic carbocycles. The number of carbonyl (C=O) groups is 3. The number of benzene rings is 2. The van der Waals surface area contributed by atoms with E-state index in [0.717, 1.165) is 22.9 Å². The number of esters is 1. The van der Waals surface area contributed by atoms with Gasteiger partial charge in [-0.3, -0.25) is 14.4 Å². The number of nitrogens with one attached hydrogen (secondary N) is 2. The van der Waals surface area contributed by atoms with Gasteiger partial charge in [0, 0.05) is 17.7 Å². The van der Waals surface area contributed by atoms with Gasteiger partial charge < -0.3 is 10.1 Å². The highest BCUT2D eigenvalue weighted by molar-refractivity contribution is 7.88. The topological polar surface area (TPSA) is 119 Å². The van der Waals surface area contributed by atoms with Crippen LogP contribution in [0.2, 0.25) is 0 Å². The molecule has 0 radical (unpaired) electrons. The Morgan fingerprint density at radius 2 is 1.55 bits per heavy atom. The van der Waals surface area contributed by atoms with E-state index in [9.17, 15) is 22.8 Å². The lowest BCUT2D eigenvalue weighted by Crippen LogP contribution is -2.31. The van der Waals surface area contributed by atoms with Gasteiger partial charge in [0.15, 0.2) is 12.4 Å². The maximum absolute atomic E-state index is 12.2. The molecule has 0 aliphatic carbocycles. The number of hydrogen-bond acceptors (Lipinski definition) is 6. The summed E-state index contributed by atoms with van der Waals surface area (Å²) in [5, 5.41) is 2.48. The molecule has 0 unspecified atom stereocenters. The van der Waals surface area contributed by atoms with Gasteiger partial charge in [-0.15, -0.1) is 0 Å². The summed E-state index contributed by atoms with van der Waals surface area (Å²) in [6.45, 7) is 3.24. The number of amides is 1. The second-order valence-electron chi connectivity index (χ2n) is 7.26. The lowest BCUT2D eigenvalue weighted by atomic mass is 10.1. The summed E-state index contributed by atoms with van der Waals surface area (Å²) < 4.78 is 29.4. The zero-order chi connectivity index (χ0) is 23.0. The molecule has 0 aliphatic heterocycles. The second-order valence-corrected chi connectivity index (χ2v) is 9.09. The largest absolute Gasteiger partial charge is 0.456 e. The first-order chi connectivity index (χ1) is 14.5. The van der Waals surface area contributed by atoms with Gasteiger partial charge in [0.1, 0.15) is 6.54 Å². The van der Waals surface area contributed by atoms with Gasteiger partial charge in [0.2, 0.25) is 10.0 Å². The van der Waals surface area contributed by atoms with Crippen LogP contribution in [0.1, 0.15) is 37.4 Å². The molecule has 31 heavy (non-hydrogen) atoms. The standard InChI is InChI=1S/C22H26N2O6S/c1-15-10-16(2)12-19(11-15)22(27)23-13-21(26)30-14-20(25)18-6-4-17(5-7-18)8-9-24-31(3,28)29/h4-7,10-12,24H,8-9,13-14H2,1-3H3,(H,23,27). The molecule has 1 amide bonds. The highest BCUT2D eigenvalue weighted by Crippen LogP contribution is 2.09. The number of ether oxygens (including phenoxy) is 1. The molecule has 0 bridgehead atoms. The van der Waals surface area contributed by atoms with Gasteiger partial charge in [-0.25, -0.2) is 13.1 Å². The quantitative estimate of drug-likeness (QED) is 0.422. The highest BCUT2D eigenvalue weighted by Gasteiger charge is 2.13. The second kappa shape index (κ2) is 10.8. The van der Waals surface area contributed by atoms with Gasteiger partial charge in [0.05, 0.1) is 6.26 Å². The Morgan fingerprint density at radius 3 is 2.13 bits per heavy atom. The molecule has 2 aromatic rings. The Balaban J connectivity index is 1.77. The third-order valence-corrected chi connectivity index (χ3v) is 5.02. The predicted molar refractivity (Wildman–Crippen MR) is 117 cm³/mol. The zero-order valence-electron chi connectivity index (χ0n) is 17.7. The Hall–Kier alpha value is -3.04. The van der Waals surface area contributed by atoms with Gasteiger partial charge in [0.25, 0.3) is 5.91 Å². The molecule has 2 N–H and O–H groups in total. The van der Waals surface area contributed by atoms with Crippen LogP contribution in [0.15, 0.2) is 42.5 Å². The Kier molecular flexibility index (Phi) is 8.47. The first kappa shape index (κ1) is 24.2. The number of rotatable bonds is 10. The maximum Gasteiger partial charge on any atom is 0.325 e. The smallest absolute Gasteiger partial charge is 0.325 e. The van der Waals surface area contributed by atoms with Crippen LogP contribution < -0.4 is 10.0 Å². The fraction of sp³-hybridized carbons (Fsp3) is 0.318. The molecule has 2 rings (SSSR count). The van der Waals surface area contributed by atoms with Crippen LogP contribution in [0.5, 0.6) is 0 Å². The molecule has 0 fully saturated rings. The molecule has 0 aliphatic rings. The van der Waals surface area contributed by atoms with E-state index in [1.54, 1.807) is 36.4 Å². The van der Waals surface area contributed by atoms with E-state index >= 15 is 0 Å².